The molecule has 0 aromatic rings. The molecule has 0 aromatic carbocycles. The first-order valence-electron chi connectivity index (χ1n) is 9.38. The Morgan fingerprint density at radius 2 is 1.44 bits per heavy atom. The maximum absolute atomic E-state index is 12.1. The molecule has 7 nitrogen and oxygen atoms in total. The van der Waals surface area contributed by atoms with Crippen LogP contribution < -0.4 is 10.6 Å². The zero-order chi connectivity index (χ0) is 19.0. The minimum Gasteiger partial charge on any atom is -0.392 e. The average Bonchev–Trinajstić information content (AvgIpc) is 2.46. The van der Waals surface area contributed by atoms with Crippen molar-refractivity contribution >= 4 is 11.8 Å². The molecule has 1 fully saturated rings. The SMILES string of the molecule is CC(C)CC1NC(=O)C(CCCCN(CC(C)O)CC(C)O)NC1=O. The molecule has 0 radical (unpaired) electrons. The van der Waals surface area contributed by atoms with E-state index in [1.165, 1.54) is 0 Å². The molecule has 0 aliphatic carbocycles. The van der Waals surface area contributed by atoms with E-state index in [1.54, 1.807) is 13.8 Å². The summed E-state index contributed by atoms with van der Waals surface area (Å²) < 4.78 is 0. The van der Waals surface area contributed by atoms with Gasteiger partial charge in [-0.3, -0.25) is 14.5 Å². The Labute approximate surface area is 151 Å². The van der Waals surface area contributed by atoms with E-state index in [0.717, 1.165) is 19.4 Å². The fourth-order valence-corrected chi connectivity index (χ4v) is 3.20. The number of hydrogen-bond donors (Lipinski definition) is 4. The Kier molecular flexibility index (Phi) is 9.38. The minimum absolute atomic E-state index is 0.0943. The number of hydrogen-bond acceptors (Lipinski definition) is 5. The zero-order valence-electron chi connectivity index (χ0n) is 16.0. The van der Waals surface area contributed by atoms with Crippen molar-refractivity contribution in [2.75, 3.05) is 19.6 Å². The van der Waals surface area contributed by atoms with E-state index in [0.29, 0.717) is 31.8 Å². The van der Waals surface area contributed by atoms with Gasteiger partial charge in [-0.1, -0.05) is 13.8 Å². The van der Waals surface area contributed by atoms with E-state index < -0.39 is 24.3 Å². The van der Waals surface area contributed by atoms with Crippen molar-refractivity contribution < 1.29 is 19.8 Å². The van der Waals surface area contributed by atoms with Gasteiger partial charge in [-0.25, -0.2) is 0 Å². The maximum atomic E-state index is 12.1. The van der Waals surface area contributed by atoms with Crippen LogP contribution in [0.3, 0.4) is 0 Å². The highest BCUT2D eigenvalue weighted by molar-refractivity contribution is 5.96. The predicted octanol–water partition coefficient (Wildman–Crippen LogP) is 0.250. The molecule has 7 heteroatoms. The van der Waals surface area contributed by atoms with E-state index in [4.69, 9.17) is 0 Å². The van der Waals surface area contributed by atoms with Crippen molar-refractivity contribution in [1.82, 2.24) is 15.5 Å². The lowest BCUT2D eigenvalue weighted by Crippen LogP contribution is -2.61. The Hall–Kier alpha value is -1.18. The van der Waals surface area contributed by atoms with Gasteiger partial charge in [-0.05, 0) is 52.0 Å². The number of rotatable bonds is 11. The number of aliphatic hydroxyl groups is 2. The molecule has 4 unspecified atom stereocenters. The van der Waals surface area contributed by atoms with E-state index in [9.17, 15) is 19.8 Å². The molecular weight excluding hydrogens is 322 g/mol. The van der Waals surface area contributed by atoms with Crippen molar-refractivity contribution in [2.45, 2.75) is 77.7 Å². The van der Waals surface area contributed by atoms with E-state index in [-0.39, 0.29) is 11.8 Å². The van der Waals surface area contributed by atoms with Crippen LogP contribution in [0.5, 0.6) is 0 Å². The van der Waals surface area contributed by atoms with Crippen LogP contribution >= 0.6 is 0 Å². The maximum Gasteiger partial charge on any atom is 0.243 e. The number of carbonyl (C=O) groups excluding carboxylic acids is 2. The fourth-order valence-electron chi connectivity index (χ4n) is 3.20. The van der Waals surface area contributed by atoms with Gasteiger partial charge < -0.3 is 20.8 Å². The van der Waals surface area contributed by atoms with Crippen LogP contribution in [0.1, 0.15) is 53.4 Å². The molecule has 0 aromatic heterocycles. The quantitative estimate of drug-likeness (QED) is 0.397. The first-order valence-corrected chi connectivity index (χ1v) is 9.38. The summed E-state index contributed by atoms with van der Waals surface area (Å²) in [5.74, 6) is 0.152. The third-order valence-corrected chi connectivity index (χ3v) is 4.24. The zero-order valence-corrected chi connectivity index (χ0v) is 16.0. The van der Waals surface area contributed by atoms with Crippen LogP contribution in [0.4, 0.5) is 0 Å². The summed E-state index contributed by atoms with van der Waals surface area (Å²) in [5, 5.41) is 24.7. The van der Waals surface area contributed by atoms with Crippen LogP contribution in [-0.2, 0) is 9.59 Å². The number of carbonyl (C=O) groups is 2. The van der Waals surface area contributed by atoms with E-state index in [1.807, 2.05) is 18.7 Å². The Balaban J connectivity index is 2.35. The number of unbranched alkanes of at least 4 members (excludes halogenated alkanes) is 1. The third-order valence-electron chi connectivity index (χ3n) is 4.24. The molecule has 1 aliphatic heterocycles. The predicted molar refractivity (Wildman–Crippen MR) is 97.0 cm³/mol. The Morgan fingerprint density at radius 3 is 1.96 bits per heavy atom. The number of piperazine rings is 1. The van der Waals surface area contributed by atoms with E-state index in [2.05, 4.69) is 10.6 Å². The molecule has 25 heavy (non-hydrogen) atoms. The summed E-state index contributed by atoms with van der Waals surface area (Å²) >= 11 is 0. The molecule has 0 bridgehead atoms. The lowest BCUT2D eigenvalue weighted by Gasteiger charge is -2.30. The summed E-state index contributed by atoms with van der Waals surface area (Å²) in [5.41, 5.74) is 0. The molecule has 2 amide bonds. The molecular formula is C18H35N3O4. The Morgan fingerprint density at radius 1 is 0.920 bits per heavy atom. The van der Waals surface area contributed by atoms with Crippen LogP contribution in [0.25, 0.3) is 0 Å². The summed E-state index contributed by atoms with van der Waals surface area (Å²) in [6.07, 6.45) is 2.00. The molecule has 4 N–H and O–H groups in total. The highest BCUT2D eigenvalue weighted by Crippen LogP contribution is 2.12. The van der Waals surface area contributed by atoms with Crippen LogP contribution in [-0.4, -0.2) is 70.9 Å². The van der Waals surface area contributed by atoms with Crippen molar-refractivity contribution in [3.8, 4) is 0 Å². The summed E-state index contributed by atoms with van der Waals surface area (Å²) in [6, 6.07) is -0.880. The van der Waals surface area contributed by atoms with E-state index >= 15 is 0 Å². The smallest absolute Gasteiger partial charge is 0.243 e. The molecule has 0 saturated carbocycles. The highest BCUT2D eigenvalue weighted by atomic mass is 16.3. The van der Waals surface area contributed by atoms with Crippen LogP contribution in [0, 0.1) is 5.92 Å². The van der Waals surface area contributed by atoms with Gasteiger partial charge in [0.05, 0.1) is 12.2 Å². The van der Waals surface area contributed by atoms with Crippen molar-refractivity contribution in [3.63, 3.8) is 0 Å². The van der Waals surface area contributed by atoms with Crippen molar-refractivity contribution in [1.29, 1.82) is 0 Å². The van der Waals surface area contributed by atoms with Crippen molar-refractivity contribution in [3.05, 3.63) is 0 Å². The molecule has 4 atom stereocenters. The molecule has 1 aliphatic rings. The van der Waals surface area contributed by atoms with Gasteiger partial charge >= 0.3 is 0 Å². The van der Waals surface area contributed by atoms with Crippen molar-refractivity contribution in [2.24, 2.45) is 5.92 Å². The summed E-state index contributed by atoms with van der Waals surface area (Å²) in [4.78, 5) is 26.2. The second-order valence-electron chi connectivity index (χ2n) is 7.71. The lowest BCUT2D eigenvalue weighted by atomic mass is 9.98. The first kappa shape index (κ1) is 21.9. The van der Waals surface area contributed by atoms with Crippen LogP contribution in [0.15, 0.2) is 0 Å². The number of nitrogens with one attached hydrogen (secondary N) is 2. The topological polar surface area (TPSA) is 102 Å². The van der Waals surface area contributed by atoms with Gasteiger partial charge in [0, 0.05) is 13.1 Å². The van der Waals surface area contributed by atoms with Gasteiger partial charge in [-0.2, -0.15) is 0 Å². The largest absolute Gasteiger partial charge is 0.392 e. The average molecular weight is 357 g/mol. The number of nitrogens with zero attached hydrogens (tertiary/aromatic N) is 1. The number of amides is 2. The molecule has 1 heterocycles. The fraction of sp³-hybridized carbons (Fsp3) is 0.889. The van der Waals surface area contributed by atoms with Gasteiger partial charge in [0.25, 0.3) is 0 Å². The van der Waals surface area contributed by atoms with Gasteiger partial charge in [0.15, 0.2) is 0 Å². The highest BCUT2D eigenvalue weighted by Gasteiger charge is 2.33. The minimum atomic E-state index is -0.460. The summed E-state index contributed by atoms with van der Waals surface area (Å²) in [6.45, 7) is 9.28. The lowest BCUT2D eigenvalue weighted by molar-refractivity contribution is -0.137. The first-order chi connectivity index (χ1) is 11.7. The molecule has 1 saturated heterocycles. The Bertz CT molecular complexity index is 417. The van der Waals surface area contributed by atoms with Crippen LogP contribution in [0.2, 0.25) is 0 Å². The molecule has 1 rings (SSSR count). The number of aliphatic hydroxyl groups excluding tert-OH is 2. The van der Waals surface area contributed by atoms with Gasteiger partial charge in [-0.15, -0.1) is 0 Å². The second kappa shape index (κ2) is 10.7. The van der Waals surface area contributed by atoms with Gasteiger partial charge in [0.1, 0.15) is 12.1 Å². The molecule has 146 valence electrons. The standard InChI is InChI=1S/C18H35N3O4/c1-12(2)9-16-18(25)19-15(17(24)20-16)7-5-6-8-21(10-13(3)22)11-14(4)23/h12-16,22-23H,5-11H2,1-4H3,(H,19,25)(H,20,24). The monoisotopic (exact) mass is 357 g/mol. The summed E-state index contributed by atoms with van der Waals surface area (Å²) in [7, 11) is 0. The second-order valence-corrected chi connectivity index (χ2v) is 7.71. The van der Waals surface area contributed by atoms with Gasteiger partial charge in [0.2, 0.25) is 11.8 Å². The third kappa shape index (κ3) is 8.65. The molecule has 0 spiro atoms. The normalized spacial score (nSPS) is 23.5.